The molecule has 3 N–H and O–H groups in total. The van der Waals surface area contributed by atoms with E-state index in [0.717, 1.165) is 17.8 Å². The molecule has 0 aromatic heterocycles. The van der Waals surface area contributed by atoms with Crippen molar-refractivity contribution in [2.24, 2.45) is 5.73 Å². The molecule has 1 atom stereocenters. The number of aldehydes is 1. The summed E-state index contributed by atoms with van der Waals surface area (Å²) in [6, 6.07) is -0.683. The van der Waals surface area contributed by atoms with E-state index >= 15 is 0 Å². The highest BCUT2D eigenvalue weighted by Crippen LogP contribution is 1.97. The van der Waals surface area contributed by atoms with Crippen molar-refractivity contribution in [3.05, 3.63) is 0 Å². The van der Waals surface area contributed by atoms with E-state index < -0.39 is 12.0 Å². The lowest BCUT2D eigenvalue weighted by Gasteiger charge is -2.02. The predicted molar refractivity (Wildman–Crippen MR) is 67.7 cm³/mol. The largest absolute Gasteiger partial charge is 0.480 e. The SMILES string of the molecule is CSCCC(N)C(=O)O.CSCCC=O. The van der Waals surface area contributed by atoms with Gasteiger partial charge in [-0.05, 0) is 30.4 Å². The van der Waals surface area contributed by atoms with Crippen molar-refractivity contribution in [2.75, 3.05) is 24.0 Å². The number of carbonyl (C=O) groups excluding carboxylic acids is 1. The second kappa shape index (κ2) is 13.8. The maximum absolute atomic E-state index is 10.1. The Hall–Kier alpha value is -0.200. The molecule has 0 heterocycles. The van der Waals surface area contributed by atoms with E-state index in [1.165, 1.54) is 0 Å². The molecule has 0 aromatic carbocycles. The number of carboxylic acid groups (broad SMARTS) is 1. The fourth-order valence-corrected chi connectivity index (χ4v) is 1.36. The van der Waals surface area contributed by atoms with Crippen LogP contribution in [0.2, 0.25) is 0 Å². The number of hydrogen-bond acceptors (Lipinski definition) is 5. The first-order valence-electron chi connectivity index (χ1n) is 4.50. The van der Waals surface area contributed by atoms with E-state index in [9.17, 15) is 9.59 Å². The summed E-state index contributed by atoms with van der Waals surface area (Å²) in [6.07, 6.45) is 6.10. The van der Waals surface area contributed by atoms with Crippen LogP contribution < -0.4 is 5.73 Å². The van der Waals surface area contributed by atoms with Crippen LogP contribution in [0.3, 0.4) is 0 Å². The molecule has 90 valence electrons. The van der Waals surface area contributed by atoms with Crippen molar-refractivity contribution in [2.45, 2.75) is 18.9 Å². The third kappa shape index (κ3) is 16.5. The van der Waals surface area contributed by atoms with Gasteiger partial charge in [-0.25, -0.2) is 0 Å². The molecule has 0 amide bonds. The molecule has 1 unspecified atom stereocenters. The van der Waals surface area contributed by atoms with E-state index in [1.807, 2.05) is 12.5 Å². The Morgan fingerprint density at radius 1 is 1.40 bits per heavy atom. The van der Waals surface area contributed by atoms with Gasteiger partial charge in [0.2, 0.25) is 0 Å². The summed E-state index contributed by atoms with van der Waals surface area (Å²) in [7, 11) is 0. The maximum atomic E-state index is 10.1. The van der Waals surface area contributed by atoms with Crippen LogP contribution in [0.1, 0.15) is 12.8 Å². The van der Waals surface area contributed by atoms with Gasteiger partial charge in [-0.3, -0.25) is 4.79 Å². The number of nitrogens with two attached hydrogens (primary N) is 1. The Balaban J connectivity index is 0. The number of rotatable bonds is 7. The van der Waals surface area contributed by atoms with Gasteiger partial charge in [0.25, 0.3) is 0 Å². The molecule has 0 bridgehead atoms. The number of carbonyl (C=O) groups is 2. The zero-order valence-corrected chi connectivity index (χ0v) is 10.8. The summed E-state index contributed by atoms with van der Waals surface area (Å²) in [5.41, 5.74) is 5.19. The monoisotopic (exact) mass is 253 g/mol. The lowest BCUT2D eigenvalue weighted by Crippen LogP contribution is -2.30. The lowest BCUT2D eigenvalue weighted by atomic mass is 10.2. The number of thioether (sulfide) groups is 2. The van der Waals surface area contributed by atoms with Crippen LogP contribution in [0.15, 0.2) is 0 Å². The molecule has 0 saturated heterocycles. The van der Waals surface area contributed by atoms with Crippen LogP contribution in [-0.2, 0) is 9.59 Å². The van der Waals surface area contributed by atoms with Gasteiger partial charge in [-0.15, -0.1) is 0 Å². The molecule has 0 radical (unpaired) electrons. The molecular weight excluding hydrogens is 234 g/mol. The fraction of sp³-hybridized carbons (Fsp3) is 0.778. The first-order chi connectivity index (χ1) is 7.09. The van der Waals surface area contributed by atoms with E-state index in [2.05, 4.69) is 0 Å². The average Bonchev–Trinajstić information content (AvgIpc) is 2.23. The maximum Gasteiger partial charge on any atom is 0.320 e. The summed E-state index contributed by atoms with van der Waals surface area (Å²) in [6.45, 7) is 0. The molecule has 0 aliphatic heterocycles. The fourth-order valence-electron chi connectivity index (χ4n) is 0.534. The molecule has 4 nitrogen and oxygen atoms in total. The first kappa shape index (κ1) is 17.2. The highest BCUT2D eigenvalue weighted by molar-refractivity contribution is 7.98. The summed E-state index contributed by atoms with van der Waals surface area (Å²) in [5, 5.41) is 8.27. The van der Waals surface area contributed by atoms with Crippen LogP contribution in [0.25, 0.3) is 0 Å². The van der Waals surface area contributed by atoms with Crippen LogP contribution >= 0.6 is 23.5 Å². The minimum absolute atomic E-state index is 0.552. The molecule has 0 saturated carbocycles. The van der Waals surface area contributed by atoms with Crippen LogP contribution in [0.4, 0.5) is 0 Å². The summed E-state index contributed by atoms with van der Waals surface area (Å²) < 4.78 is 0. The molecule has 0 fully saturated rings. The Bertz CT molecular complexity index is 167. The van der Waals surface area contributed by atoms with E-state index in [4.69, 9.17) is 10.8 Å². The van der Waals surface area contributed by atoms with Gasteiger partial charge in [0, 0.05) is 6.42 Å². The third-order valence-electron chi connectivity index (χ3n) is 1.39. The zero-order chi connectivity index (χ0) is 12.1. The second-order valence-corrected chi connectivity index (χ2v) is 4.65. The van der Waals surface area contributed by atoms with Crippen molar-refractivity contribution in [3.63, 3.8) is 0 Å². The van der Waals surface area contributed by atoms with Crippen molar-refractivity contribution in [3.8, 4) is 0 Å². The van der Waals surface area contributed by atoms with E-state index in [1.54, 1.807) is 23.5 Å². The highest BCUT2D eigenvalue weighted by atomic mass is 32.2. The summed E-state index contributed by atoms with van der Waals surface area (Å²) in [4.78, 5) is 19.6. The Labute approximate surface area is 99.4 Å². The van der Waals surface area contributed by atoms with Crippen LogP contribution in [0.5, 0.6) is 0 Å². The minimum atomic E-state index is -0.913. The van der Waals surface area contributed by atoms with Gasteiger partial charge < -0.3 is 15.6 Å². The van der Waals surface area contributed by atoms with Gasteiger partial charge >= 0.3 is 5.97 Å². The molecule has 0 aliphatic rings. The predicted octanol–water partition coefficient (Wildman–Crippen LogP) is 1.09. The van der Waals surface area contributed by atoms with Gasteiger partial charge in [-0.1, -0.05) is 0 Å². The highest BCUT2D eigenvalue weighted by Gasteiger charge is 2.08. The quantitative estimate of drug-likeness (QED) is 0.522. The summed E-state index contributed by atoms with van der Waals surface area (Å²) in [5.74, 6) is 0.862. The summed E-state index contributed by atoms with van der Waals surface area (Å²) >= 11 is 3.30. The first-order valence-corrected chi connectivity index (χ1v) is 7.28. The minimum Gasteiger partial charge on any atom is -0.480 e. The zero-order valence-electron chi connectivity index (χ0n) is 9.14. The van der Waals surface area contributed by atoms with Gasteiger partial charge in [0.1, 0.15) is 12.3 Å². The molecule has 0 aliphatic carbocycles. The molecule has 0 aromatic rings. The van der Waals surface area contributed by atoms with Crippen molar-refractivity contribution >= 4 is 35.8 Å². The molecule has 15 heavy (non-hydrogen) atoms. The van der Waals surface area contributed by atoms with Crippen LogP contribution in [-0.4, -0.2) is 47.4 Å². The van der Waals surface area contributed by atoms with Gasteiger partial charge in [0.15, 0.2) is 0 Å². The van der Waals surface area contributed by atoms with Gasteiger partial charge in [-0.2, -0.15) is 23.5 Å². The number of hydrogen-bond donors (Lipinski definition) is 2. The van der Waals surface area contributed by atoms with Crippen molar-refractivity contribution in [1.29, 1.82) is 0 Å². The van der Waals surface area contributed by atoms with Crippen molar-refractivity contribution < 1.29 is 14.7 Å². The standard InChI is InChI=1S/C5H11NO2S.C4H8OS/c1-9-3-2-4(6)5(7)8;1-6-4-2-3-5/h4H,2-3,6H2,1H3,(H,7,8);3H,2,4H2,1H3. The molecule has 0 spiro atoms. The number of carboxylic acids is 1. The Kier molecular flexibility index (Phi) is 15.8. The molecule has 6 heteroatoms. The molecule has 0 rings (SSSR count). The third-order valence-corrected chi connectivity index (χ3v) is 2.68. The second-order valence-electron chi connectivity index (χ2n) is 2.67. The van der Waals surface area contributed by atoms with E-state index in [-0.39, 0.29) is 0 Å². The van der Waals surface area contributed by atoms with Crippen LogP contribution in [0, 0.1) is 0 Å². The average molecular weight is 253 g/mol. The topological polar surface area (TPSA) is 80.4 Å². The molecular formula is C9H19NO3S2. The van der Waals surface area contributed by atoms with Crippen molar-refractivity contribution in [1.82, 2.24) is 0 Å². The Morgan fingerprint density at radius 3 is 2.20 bits per heavy atom. The normalized spacial score (nSPS) is 11.1. The Morgan fingerprint density at radius 2 is 1.93 bits per heavy atom. The van der Waals surface area contributed by atoms with Gasteiger partial charge in [0.05, 0.1) is 0 Å². The number of aliphatic carboxylic acids is 1. The van der Waals surface area contributed by atoms with E-state index in [0.29, 0.717) is 12.8 Å². The lowest BCUT2D eigenvalue weighted by molar-refractivity contribution is -0.138. The smallest absolute Gasteiger partial charge is 0.320 e.